The number of rotatable bonds is 3. The number of anilines is 1. The molecule has 1 unspecified atom stereocenters. The van der Waals surface area contributed by atoms with E-state index in [2.05, 4.69) is 5.32 Å². The number of halogens is 2. The number of nitrogens with one attached hydrogen (secondary N) is 1. The molecule has 0 radical (unpaired) electrons. The third kappa shape index (κ3) is 3.73. The van der Waals surface area contributed by atoms with Crippen LogP contribution in [0.2, 0.25) is 5.02 Å². The molecule has 1 aromatic carbocycles. The maximum Gasteiger partial charge on any atom is 0.249 e. The summed E-state index contributed by atoms with van der Waals surface area (Å²) in [5, 5.41) is 2.98. The Labute approximate surface area is 128 Å². The van der Waals surface area contributed by atoms with Gasteiger partial charge in [-0.15, -0.1) is 0 Å². The van der Waals surface area contributed by atoms with Crippen molar-refractivity contribution in [1.82, 2.24) is 5.32 Å². The van der Waals surface area contributed by atoms with Gasteiger partial charge >= 0.3 is 0 Å². The highest BCUT2D eigenvalue weighted by Crippen LogP contribution is 2.25. The maximum absolute atomic E-state index is 14.0. The fourth-order valence-corrected chi connectivity index (χ4v) is 2.57. The first-order valence-electron chi connectivity index (χ1n) is 6.94. The van der Waals surface area contributed by atoms with E-state index < -0.39 is 11.9 Å². The Kier molecular flexibility index (Phi) is 4.83. The van der Waals surface area contributed by atoms with Gasteiger partial charge in [-0.05, 0) is 30.5 Å². The van der Waals surface area contributed by atoms with Crippen molar-refractivity contribution in [3.63, 3.8) is 0 Å². The Morgan fingerprint density at radius 3 is 2.76 bits per heavy atom. The van der Waals surface area contributed by atoms with Gasteiger partial charge in [-0.25, -0.2) is 4.39 Å². The first-order chi connectivity index (χ1) is 9.88. The van der Waals surface area contributed by atoms with E-state index in [4.69, 9.17) is 11.6 Å². The smallest absolute Gasteiger partial charge is 0.249 e. The Hall–Kier alpha value is -1.62. The minimum Gasteiger partial charge on any atom is -0.344 e. The highest BCUT2D eigenvalue weighted by Gasteiger charge is 2.32. The van der Waals surface area contributed by atoms with Crippen LogP contribution in [0.5, 0.6) is 0 Å². The molecule has 0 aliphatic carbocycles. The Balaban J connectivity index is 2.32. The van der Waals surface area contributed by atoms with E-state index in [0.29, 0.717) is 6.42 Å². The number of amides is 2. The van der Waals surface area contributed by atoms with Crippen molar-refractivity contribution < 1.29 is 14.0 Å². The molecule has 0 saturated carbocycles. The third-order valence-electron chi connectivity index (χ3n) is 3.37. The lowest BCUT2D eigenvalue weighted by molar-refractivity contribution is -0.125. The molecule has 1 aliphatic heterocycles. The number of nitrogens with zero attached hydrogens (tertiary/aromatic N) is 1. The van der Waals surface area contributed by atoms with Crippen LogP contribution in [0.15, 0.2) is 18.2 Å². The van der Waals surface area contributed by atoms with Gasteiger partial charge in [-0.3, -0.25) is 9.59 Å². The number of carbonyl (C=O) groups excluding carboxylic acids is 2. The van der Waals surface area contributed by atoms with Gasteiger partial charge in [-0.2, -0.15) is 0 Å². The van der Waals surface area contributed by atoms with Crippen LogP contribution in [-0.2, 0) is 9.59 Å². The zero-order valence-corrected chi connectivity index (χ0v) is 12.8. The zero-order chi connectivity index (χ0) is 15.6. The molecule has 1 fully saturated rings. The van der Waals surface area contributed by atoms with Crippen LogP contribution in [0.4, 0.5) is 10.1 Å². The third-order valence-corrected chi connectivity index (χ3v) is 3.60. The fourth-order valence-electron chi connectivity index (χ4n) is 2.41. The van der Waals surface area contributed by atoms with Crippen molar-refractivity contribution in [2.24, 2.45) is 5.92 Å². The normalized spacial score (nSPS) is 19.7. The highest BCUT2D eigenvalue weighted by molar-refractivity contribution is 6.30. The average Bonchev–Trinajstić information content (AvgIpc) is 2.51. The molecule has 21 heavy (non-hydrogen) atoms. The van der Waals surface area contributed by atoms with Gasteiger partial charge in [0.05, 0.1) is 5.69 Å². The summed E-state index contributed by atoms with van der Waals surface area (Å²) in [6.07, 6.45) is 0.679. The van der Waals surface area contributed by atoms with Crippen molar-refractivity contribution in [3.8, 4) is 0 Å². The van der Waals surface area contributed by atoms with E-state index in [9.17, 15) is 14.0 Å². The summed E-state index contributed by atoms with van der Waals surface area (Å²) in [5.74, 6) is -0.788. The van der Waals surface area contributed by atoms with Crippen molar-refractivity contribution >= 4 is 29.1 Å². The van der Waals surface area contributed by atoms with Gasteiger partial charge < -0.3 is 10.2 Å². The molecular weight excluding hydrogens is 295 g/mol. The summed E-state index contributed by atoms with van der Waals surface area (Å²) in [6.45, 7) is 4.10. The molecular formula is C15H18ClFN2O2. The predicted molar refractivity (Wildman–Crippen MR) is 79.8 cm³/mol. The van der Waals surface area contributed by atoms with E-state index in [1.807, 2.05) is 13.8 Å². The molecule has 1 heterocycles. The summed E-state index contributed by atoms with van der Waals surface area (Å²) in [6, 6.07) is 3.56. The molecule has 114 valence electrons. The second-order valence-corrected chi connectivity index (χ2v) is 6.02. The summed E-state index contributed by atoms with van der Waals surface area (Å²) in [5.41, 5.74) is 0.162. The summed E-state index contributed by atoms with van der Waals surface area (Å²) in [7, 11) is 0. The molecule has 1 N–H and O–H groups in total. The molecule has 1 aromatic rings. The molecule has 2 rings (SSSR count). The van der Waals surface area contributed by atoms with E-state index in [-0.39, 0.29) is 41.4 Å². The molecule has 2 amide bonds. The zero-order valence-electron chi connectivity index (χ0n) is 12.0. The molecule has 4 nitrogen and oxygen atoms in total. The molecule has 1 aliphatic rings. The molecule has 6 heteroatoms. The van der Waals surface area contributed by atoms with E-state index >= 15 is 0 Å². The van der Waals surface area contributed by atoms with Gasteiger partial charge in [0.1, 0.15) is 11.9 Å². The quantitative estimate of drug-likeness (QED) is 0.933. The fraction of sp³-hybridized carbons (Fsp3) is 0.467. The van der Waals surface area contributed by atoms with E-state index in [1.54, 1.807) is 0 Å². The molecule has 0 bridgehead atoms. The van der Waals surface area contributed by atoms with Crippen molar-refractivity contribution in [2.45, 2.75) is 32.7 Å². The second-order valence-electron chi connectivity index (χ2n) is 5.59. The van der Waals surface area contributed by atoms with Crippen LogP contribution < -0.4 is 10.2 Å². The molecule has 0 spiro atoms. The molecule has 1 atom stereocenters. The summed E-state index contributed by atoms with van der Waals surface area (Å²) >= 11 is 5.74. The lowest BCUT2D eigenvalue weighted by Gasteiger charge is -2.25. The number of carbonyl (C=O) groups is 2. The largest absolute Gasteiger partial charge is 0.344 e. The topological polar surface area (TPSA) is 49.4 Å². The summed E-state index contributed by atoms with van der Waals surface area (Å²) < 4.78 is 14.0. The van der Waals surface area contributed by atoms with Crippen molar-refractivity contribution in [3.05, 3.63) is 29.0 Å². The van der Waals surface area contributed by atoms with E-state index in [0.717, 1.165) is 0 Å². The van der Waals surface area contributed by atoms with Crippen LogP contribution in [0.3, 0.4) is 0 Å². The lowest BCUT2D eigenvalue weighted by Crippen LogP contribution is -2.45. The average molecular weight is 313 g/mol. The first-order valence-corrected chi connectivity index (χ1v) is 7.32. The molecule has 1 saturated heterocycles. The van der Waals surface area contributed by atoms with Gasteiger partial charge in [0.25, 0.3) is 0 Å². The van der Waals surface area contributed by atoms with Gasteiger partial charge in [-0.1, -0.05) is 25.4 Å². The molecule has 0 aromatic heterocycles. The number of hydrogen-bond acceptors (Lipinski definition) is 2. The summed E-state index contributed by atoms with van der Waals surface area (Å²) in [4.78, 5) is 25.6. The monoisotopic (exact) mass is 312 g/mol. The Morgan fingerprint density at radius 1 is 1.43 bits per heavy atom. The SMILES string of the molecule is CC(C)CC1NC(=O)CCN(c2ccc(Cl)cc2F)C1=O. The van der Waals surface area contributed by atoms with Crippen molar-refractivity contribution in [2.75, 3.05) is 11.4 Å². The lowest BCUT2D eigenvalue weighted by atomic mass is 10.0. The number of benzene rings is 1. The van der Waals surface area contributed by atoms with Crippen LogP contribution in [0, 0.1) is 11.7 Å². The number of hydrogen-bond donors (Lipinski definition) is 1. The van der Waals surface area contributed by atoms with Gasteiger partial charge in [0, 0.05) is 18.0 Å². The highest BCUT2D eigenvalue weighted by atomic mass is 35.5. The second kappa shape index (κ2) is 6.43. The van der Waals surface area contributed by atoms with Crippen LogP contribution in [0.25, 0.3) is 0 Å². The van der Waals surface area contributed by atoms with Crippen LogP contribution in [-0.4, -0.2) is 24.4 Å². The Morgan fingerprint density at radius 2 is 2.14 bits per heavy atom. The van der Waals surface area contributed by atoms with Crippen LogP contribution in [0.1, 0.15) is 26.7 Å². The van der Waals surface area contributed by atoms with Gasteiger partial charge in [0.15, 0.2) is 0 Å². The predicted octanol–water partition coefficient (Wildman–Crippen LogP) is 2.75. The maximum atomic E-state index is 14.0. The minimum atomic E-state index is -0.616. The standard InChI is InChI=1S/C15H18ClFN2O2/c1-9(2)7-12-15(21)19(6-5-14(20)18-12)13-4-3-10(16)8-11(13)17/h3-4,8-9,12H,5-7H2,1-2H3,(H,18,20). The van der Waals surface area contributed by atoms with Crippen molar-refractivity contribution in [1.29, 1.82) is 0 Å². The Bertz CT molecular complexity index is 563. The van der Waals surface area contributed by atoms with Gasteiger partial charge in [0.2, 0.25) is 11.8 Å². The minimum absolute atomic E-state index is 0.155. The first kappa shape index (κ1) is 15.8. The van der Waals surface area contributed by atoms with Crippen LogP contribution >= 0.6 is 11.6 Å². The van der Waals surface area contributed by atoms with E-state index in [1.165, 1.54) is 23.1 Å².